The molecule has 0 atom stereocenters. The SMILES string of the molecule is CS(=O)(=O)CCCOc1ccc(Cl)c(F)c1. The van der Waals surface area contributed by atoms with Crippen molar-refractivity contribution in [3.63, 3.8) is 0 Å². The predicted molar refractivity (Wildman–Crippen MR) is 61.2 cm³/mol. The van der Waals surface area contributed by atoms with E-state index in [2.05, 4.69) is 0 Å². The highest BCUT2D eigenvalue weighted by molar-refractivity contribution is 7.90. The van der Waals surface area contributed by atoms with Gasteiger partial charge in [0.2, 0.25) is 0 Å². The monoisotopic (exact) mass is 266 g/mol. The molecule has 0 aliphatic rings. The molecule has 0 aliphatic carbocycles. The van der Waals surface area contributed by atoms with Gasteiger partial charge in [-0.3, -0.25) is 0 Å². The van der Waals surface area contributed by atoms with E-state index >= 15 is 0 Å². The second-order valence-electron chi connectivity index (χ2n) is 3.41. The predicted octanol–water partition coefficient (Wildman–Crippen LogP) is 2.29. The van der Waals surface area contributed by atoms with Crippen LogP contribution in [0, 0.1) is 5.82 Å². The lowest BCUT2D eigenvalue weighted by atomic mass is 10.3. The van der Waals surface area contributed by atoms with Gasteiger partial charge in [0, 0.05) is 12.3 Å². The summed E-state index contributed by atoms with van der Waals surface area (Å²) in [5.74, 6) is -0.152. The van der Waals surface area contributed by atoms with Crippen LogP contribution in [0.2, 0.25) is 5.02 Å². The van der Waals surface area contributed by atoms with Gasteiger partial charge in [-0.1, -0.05) is 11.6 Å². The molecule has 0 N–H and O–H groups in total. The zero-order valence-electron chi connectivity index (χ0n) is 8.74. The quantitative estimate of drug-likeness (QED) is 0.768. The molecule has 0 radical (unpaired) electrons. The molecule has 0 saturated heterocycles. The van der Waals surface area contributed by atoms with Crippen LogP contribution in [0.5, 0.6) is 5.75 Å². The van der Waals surface area contributed by atoms with E-state index in [4.69, 9.17) is 16.3 Å². The van der Waals surface area contributed by atoms with E-state index in [1.54, 1.807) is 0 Å². The minimum atomic E-state index is -2.97. The third-order valence-electron chi connectivity index (χ3n) is 1.82. The first-order valence-electron chi connectivity index (χ1n) is 4.64. The maximum absolute atomic E-state index is 13.0. The summed E-state index contributed by atoms with van der Waals surface area (Å²) in [6, 6.07) is 4.09. The Balaban J connectivity index is 2.41. The lowest BCUT2D eigenvalue weighted by molar-refractivity contribution is 0.316. The highest BCUT2D eigenvalue weighted by Crippen LogP contribution is 2.20. The molecule has 0 aromatic heterocycles. The van der Waals surface area contributed by atoms with Crippen LogP contribution in [0.1, 0.15) is 6.42 Å². The van der Waals surface area contributed by atoms with Crippen molar-refractivity contribution in [2.24, 2.45) is 0 Å². The molecule has 0 heterocycles. The Morgan fingerprint density at radius 1 is 1.44 bits per heavy atom. The molecule has 0 aliphatic heterocycles. The van der Waals surface area contributed by atoms with Crippen molar-refractivity contribution >= 4 is 21.4 Å². The molecule has 16 heavy (non-hydrogen) atoms. The molecule has 90 valence electrons. The van der Waals surface area contributed by atoms with E-state index in [1.165, 1.54) is 18.2 Å². The Morgan fingerprint density at radius 2 is 2.12 bits per heavy atom. The Labute approximate surface area is 99.1 Å². The van der Waals surface area contributed by atoms with Crippen LogP contribution in [-0.4, -0.2) is 27.0 Å². The minimum absolute atomic E-state index is 0.0310. The molecule has 0 fully saturated rings. The number of hydrogen-bond acceptors (Lipinski definition) is 3. The molecule has 1 aromatic carbocycles. The first kappa shape index (κ1) is 13.3. The van der Waals surface area contributed by atoms with Crippen molar-refractivity contribution in [3.8, 4) is 5.75 Å². The molecule has 1 aromatic rings. The van der Waals surface area contributed by atoms with Crippen LogP contribution < -0.4 is 4.74 Å². The number of rotatable bonds is 5. The lowest BCUT2D eigenvalue weighted by Crippen LogP contribution is -2.08. The summed E-state index contributed by atoms with van der Waals surface area (Å²) >= 11 is 5.49. The highest BCUT2D eigenvalue weighted by atomic mass is 35.5. The number of ether oxygens (including phenoxy) is 1. The normalized spacial score (nSPS) is 11.4. The van der Waals surface area contributed by atoms with Crippen molar-refractivity contribution in [2.45, 2.75) is 6.42 Å². The van der Waals surface area contributed by atoms with Crippen molar-refractivity contribution in [1.29, 1.82) is 0 Å². The van der Waals surface area contributed by atoms with Gasteiger partial charge in [-0.15, -0.1) is 0 Å². The fourth-order valence-electron chi connectivity index (χ4n) is 1.08. The molecular formula is C10H12ClFO3S. The maximum atomic E-state index is 13.0. The molecule has 1 rings (SSSR count). The van der Waals surface area contributed by atoms with E-state index in [0.717, 1.165) is 6.26 Å². The van der Waals surface area contributed by atoms with Gasteiger partial charge < -0.3 is 4.74 Å². The van der Waals surface area contributed by atoms with Gasteiger partial charge in [-0.25, -0.2) is 12.8 Å². The molecule has 0 amide bonds. The maximum Gasteiger partial charge on any atom is 0.147 e. The molecule has 0 bridgehead atoms. The van der Waals surface area contributed by atoms with Crippen LogP contribution in [0.15, 0.2) is 18.2 Å². The van der Waals surface area contributed by atoms with E-state index in [1.807, 2.05) is 0 Å². The topological polar surface area (TPSA) is 43.4 Å². The lowest BCUT2D eigenvalue weighted by Gasteiger charge is -2.05. The first-order valence-corrected chi connectivity index (χ1v) is 7.08. The summed E-state index contributed by atoms with van der Waals surface area (Å²) < 4.78 is 39.8. The summed E-state index contributed by atoms with van der Waals surface area (Å²) in [5.41, 5.74) is 0. The molecular weight excluding hydrogens is 255 g/mol. The Bertz CT molecular complexity index is 459. The van der Waals surface area contributed by atoms with Crippen molar-refractivity contribution in [3.05, 3.63) is 29.0 Å². The molecule has 0 spiro atoms. The van der Waals surface area contributed by atoms with Gasteiger partial charge in [0.25, 0.3) is 0 Å². The van der Waals surface area contributed by atoms with E-state index in [-0.39, 0.29) is 17.4 Å². The Hall–Kier alpha value is -0.810. The molecule has 0 saturated carbocycles. The second kappa shape index (κ2) is 5.50. The minimum Gasteiger partial charge on any atom is -0.493 e. The summed E-state index contributed by atoms with van der Waals surface area (Å²) in [5, 5.41) is 0.0310. The van der Waals surface area contributed by atoms with Crippen molar-refractivity contribution in [1.82, 2.24) is 0 Å². The van der Waals surface area contributed by atoms with Crippen molar-refractivity contribution in [2.75, 3.05) is 18.6 Å². The van der Waals surface area contributed by atoms with Crippen LogP contribution >= 0.6 is 11.6 Å². The standard InChI is InChI=1S/C10H12ClFO3S/c1-16(13,14)6-2-5-15-8-3-4-9(11)10(12)7-8/h3-4,7H,2,5-6H2,1H3. The number of sulfone groups is 1. The van der Waals surface area contributed by atoms with Crippen LogP contribution in [-0.2, 0) is 9.84 Å². The van der Waals surface area contributed by atoms with Gasteiger partial charge in [0.15, 0.2) is 0 Å². The third-order valence-corrected chi connectivity index (χ3v) is 3.16. The molecule has 6 heteroatoms. The van der Waals surface area contributed by atoms with Gasteiger partial charge >= 0.3 is 0 Å². The molecule has 0 unspecified atom stereocenters. The smallest absolute Gasteiger partial charge is 0.147 e. The number of benzene rings is 1. The highest BCUT2D eigenvalue weighted by Gasteiger charge is 2.04. The average Bonchev–Trinajstić information content (AvgIpc) is 2.17. The number of hydrogen-bond donors (Lipinski definition) is 0. The Morgan fingerprint density at radius 3 is 2.69 bits per heavy atom. The third kappa shape index (κ3) is 4.81. The number of halogens is 2. The zero-order valence-corrected chi connectivity index (χ0v) is 10.3. The van der Waals surface area contributed by atoms with E-state index < -0.39 is 15.7 Å². The second-order valence-corrected chi connectivity index (χ2v) is 6.07. The van der Waals surface area contributed by atoms with E-state index in [0.29, 0.717) is 12.2 Å². The first-order chi connectivity index (χ1) is 7.38. The van der Waals surface area contributed by atoms with Crippen molar-refractivity contribution < 1.29 is 17.5 Å². The summed E-state index contributed by atoms with van der Waals surface area (Å²) in [6.45, 7) is 0.230. The average molecular weight is 267 g/mol. The van der Waals surface area contributed by atoms with Crippen LogP contribution in [0.4, 0.5) is 4.39 Å². The fourth-order valence-corrected chi connectivity index (χ4v) is 1.84. The van der Waals surface area contributed by atoms with E-state index in [9.17, 15) is 12.8 Å². The summed E-state index contributed by atoms with van der Waals surface area (Å²) in [4.78, 5) is 0. The molecule has 3 nitrogen and oxygen atoms in total. The van der Waals surface area contributed by atoms with Gasteiger partial charge in [0.1, 0.15) is 21.4 Å². The summed E-state index contributed by atoms with van der Waals surface area (Å²) in [6.07, 6.45) is 1.54. The van der Waals surface area contributed by atoms with Crippen LogP contribution in [0.25, 0.3) is 0 Å². The van der Waals surface area contributed by atoms with Gasteiger partial charge in [-0.05, 0) is 18.6 Å². The van der Waals surface area contributed by atoms with Crippen LogP contribution in [0.3, 0.4) is 0 Å². The van der Waals surface area contributed by atoms with Gasteiger partial charge in [-0.2, -0.15) is 0 Å². The van der Waals surface area contributed by atoms with Gasteiger partial charge in [0.05, 0.1) is 17.4 Å². The largest absolute Gasteiger partial charge is 0.493 e. The zero-order chi connectivity index (χ0) is 12.2. The fraction of sp³-hybridized carbons (Fsp3) is 0.400. The Kier molecular flexibility index (Phi) is 4.56. The summed E-state index contributed by atoms with van der Waals surface area (Å²) in [7, 11) is -2.97.